The highest BCUT2D eigenvalue weighted by Crippen LogP contribution is 2.28. The molecule has 23 heavy (non-hydrogen) atoms. The van der Waals surface area contributed by atoms with Crippen LogP contribution in [0.3, 0.4) is 0 Å². The molecular weight excluding hydrogens is 306 g/mol. The van der Waals surface area contributed by atoms with Crippen LogP contribution in [0.4, 0.5) is 0 Å². The van der Waals surface area contributed by atoms with Crippen molar-refractivity contribution < 1.29 is 5.11 Å². The van der Waals surface area contributed by atoms with Crippen molar-refractivity contribution in [2.75, 3.05) is 38.3 Å². The van der Waals surface area contributed by atoms with Crippen molar-refractivity contribution in [2.24, 2.45) is 5.92 Å². The fourth-order valence-corrected chi connectivity index (χ4v) is 4.42. The maximum absolute atomic E-state index is 10.5. The molecule has 2 bridgehead atoms. The third-order valence-corrected chi connectivity index (χ3v) is 6.05. The zero-order chi connectivity index (χ0) is 16.7. The molecule has 3 aliphatic rings. The number of piperidine rings is 3. The summed E-state index contributed by atoms with van der Waals surface area (Å²) in [6.45, 7) is 9.60. The molecule has 3 aliphatic heterocycles. The summed E-state index contributed by atoms with van der Waals surface area (Å²) in [5, 5.41) is 14.0. The number of aliphatic hydroxyl groups excluding tert-OH is 1. The van der Waals surface area contributed by atoms with E-state index < -0.39 is 6.23 Å². The molecule has 0 aromatic heterocycles. The number of unbranched alkanes of at least 4 members (excludes halogenated alkanes) is 1. The summed E-state index contributed by atoms with van der Waals surface area (Å²) in [7, 11) is 2.06. The lowest BCUT2D eigenvalue weighted by Gasteiger charge is -2.45. The van der Waals surface area contributed by atoms with Crippen molar-refractivity contribution in [1.82, 2.24) is 15.1 Å². The van der Waals surface area contributed by atoms with Gasteiger partial charge in [-0.3, -0.25) is 5.32 Å². The van der Waals surface area contributed by atoms with Crippen molar-refractivity contribution in [2.45, 2.75) is 44.9 Å². The molecule has 2 atom stereocenters. The van der Waals surface area contributed by atoms with Gasteiger partial charge in [0.05, 0.1) is 5.88 Å². The van der Waals surface area contributed by atoms with Crippen LogP contribution in [-0.2, 0) is 0 Å². The van der Waals surface area contributed by atoms with Gasteiger partial charge in [-0.1, -0.05) is 26.0 Å². The smallest absolute Gasteiger partial charge is 0.132 e. The van der Waals surface area contributed by atoms with Crippen LogP contribution < -0.4 is 5.32 Å². The van der Waals surface area contributed by atoms with Crippen LogP contribution in [0.15, 0.2) is 24.4 Å². The predicted molar refractivity (Wildman–Crippen MR) is 100 cm³/mol. The normalized spacial score (nSPS) is 28.7. The highest BCUT2D eigenvalue weighted by Gasteiger charge is 2.34. The lowest BCUT2D eigenvalue weighted by atomic mass is 9.84. The van der Waals surface area contributed by atoms with Crippen LogP contribution >= 0.6 is 11.8 Å². The first-order chi connectivity index (χ1) is 11.1. The zero-order valence-corrected chi connectivity index (χ0v) is 15.5. The first kappa shape index (κ1) is 18.8. The minimum Gasteiger partial charge on any atom is -0.374 e. The van der Waals surface area contributed by atoms with Gasteiger partial charge in [-0.2, -0.15) is 0 Å². The molecule has 3 heterocycles. The largest absolute Gasteiger partial charge is 0.374 e. The van der Waals surface area contributed by atoms with Crippen molar-refractivity contribution in [3.8, 4) is 0 Å². The van der Waals surface area contributed by atoms with E-state index in [0.29, 0.717) is 12.0 Å². The molecule has 5 heteroatoms. The van der Waals surface area contributed by atoms with Gasteiger partial charge in [0.25, 0.3) is 0 Å². The van der Waals surface area contributed by atoms with Gasteiger partial charge < -0.3 is 14.9 Å². The second-order valence-electron chi connectivity index (χ2n) is 6.79. The van der Waals surface area contributed by atoms with E-state index in [9.17, 15) is 5.11 Å². The lowest BCUT2D eigenvalue weighted by Crippen LogP contribution is -2.58. The lowest BCUT2D eigenvalue weighted by molar-refractivity contribution is 0.0424. The Morgan fingerprint density at radius 3 is 2.78 bits per heavy atom. The number of nitrogens with one attached hydrogen (secondary N) is 1. The van der Waals surface area contributed by atoms with Gasteiger partial charge in [0.2, 0.25) is 0 Å². The van der Waals surface area contributed by atoms with E-state index in [1.165, 1.54) is 44.5 Å². The second kappa shape index (κ2) is 9.72. The van der Waals surface area contributed by atoms with E-state index in [1.54, 1.807) is 6.08 Å². The number of hydrogen-bond donors (Lipinski definition) is 2. The highest BCUT2D eigenvalue weighted by molar-refractivity contribution is 7.99. The SMILES string of the molecule is C=C/C(=C\N(C)CSCCCC)C(O)NC1CN2CCC1CC2. The summed E-state index contributed by atoms with van der Waals surface area (Å²) in [6.07, 6.45) is 8.18. The zero-order valence-electron chi connectivity index (χ0n) is 14.7. The minimum atomic E-state index is -0.624. The van der Waals surface area contributed by atoms with Gasteiger partial charge in [0.15, 0.2) is 0 Å². The van der Waals surface area contributed by atoms with Gasteiger partial charge in [0, 0.05) is 31.4 Å². The number of hydrogen-bond acceptors (Lipinski definition) is 5. The molecule has 3 saturated heterocycles. The number of aliphatic hydroxyl groups is 1. The number of fused-ring (bicyclic) bond motifs is 3. The Kier molecular flexibility index (Phi) is 7.96. The average Bonchev–Trinajstić information content (AvgIpc) is 2.57. The standard InChI is InChI=1S/C18H33N3OS/c1-4-6-11-23-14-20(3)12-15(5-2)18(22)19-17-13-21-9-7-16(17)8-10-21/h5,12,16-19,22H,2,4,6-11,13-14H2,1,3H3/b15-12+. The van der Waals surface area contributed by atoms with Crippen molar-refractivity contribution >= 4 is 11.8 Å². The van der Waals surface area contributed by atoms with Gasteiger partial charge >= 0.3 is 0 Å². The number of thioether (sulfide) groups is 1. The Labute approximate surface area is 146 Å². The van der Waals surface area contributed by atoms with Gasteiger partial charge in [-0.05, 0) is 44.0 Å². The Balaban J connectivity index is 1.81. The maximum Gasteiger partial charge on any atom is 0.132 e. The van der Waals surface area contributed by atoms with E-state index in [0.717, 1.165) is 18.0 Å². The fraction of sp³-hybridized carbons (Fsp3) is 0.778. The van der Waals surface area contributed by atoms with E-state index in [-0.39, 0.29) is 0 Å². The molecule has 4 nitrogen and oxygen atoms in total. The molecule has 3 rings (SSSR count). The molecule has 0 saturated carbocycles. The van der Waals surface area contributed by atoms with E-state index in [1.807, 2.05) is 18.0 Å². The van der Waals surface area contributed by atoms with Gasteiger partial charge in [-0.15, -0.1) is 11.8 Å². The summed E-state index contributed by atoms with van der Waals surface area (Å²) in [4.78, 5) is 4.64. The topological polar surface area (TPSA) is 38.7 Å². The predicted octanol–water partition coefficient (Wildman–Crippen LogP) is 2.48. The summed E-state index contributed by atoms with van der Waals surface area (Å²) in [5.41, 5.74) is 0.861. The molecule has 0 aromatic carbocycles. The highest BCUT2D eigenvalue weighted by atomic mass is 32.2. The quantitative estimate of drug-likeness (QED) is 0.363. The molecule has 0 amide bonds. The Morgan fingerprint density at radius 2 is 2.22 bits per heavy atom. The molecular formula is C18H33N3OS. The van der Waals surface area contributed by atoms with Crippen LogP contribution in [0.25, 0.3) is 0 Å². The van der Waals surface area contributed by atoms with E-state index in [4.69, 9.17) is 0 Å². The molecule has 0 aliphatic carbocycles. The van der Waals surface area contributed by atoms with Crippen LogP contribution in [0.2, 0.25) is 0 Å². The molecule has 0 spiro atoms. The third-order valence-electron chi connectivity index (χ3n) is 4.89. The van der Waals surface area contributed by atoms with Gasteiger partial charge in [0.1, 0.15) is 6.23 Å². The third kappa shape index (κ3) is 5.82. The van der Waals surface area contributed by atoms with E-state index >= 15 is 0 Å². The molecule has 2 unspecified atom stereocenters. The first-order valence-electron chi connectivity index (χ1n) is 8.92. The van der Waals surface area contributed by atoms with Crippen LogP contribution in [0.5, 0.6) is 0 Å². The first-order valence-corrected chi connectivity index (χ1v) is 10.1. The molecule has 0 aromatic rings. The van der Waals surface area contributed by atoms with Crippen molar-refractivity contribution in [3.63, 3.8) is 0 Å². The molecule has 132 valence electrons. The maximum atomic E-state index is 10.5. The second-order valence-corrected chi connectivity index (χ2v) is 7.87. The van der Waals surface area contributed by atoms with Crippen LogP contribution in [0.1, 0.15) is 32.6 Å². The van der Waals surface area contributed by atoms with Gasteiger partial charge in [-0.25, -0.2) is 0 Å². The molecule has 3 fully saturated rings. The number of nitrogens with zero attached hydrogens (tertiary/aromatic N) is 2. The van der Waals surface area contributed by atoms with Crippen LogP contribution in [-0.4, -0.2) is 65.5 Å². The number of rotatable bonds is 10. The Bertz CT molecular complexity index is 394. The monoisotopic (exact) mass is 339 g/mol. The molecule has 2 N–H and O–H groups in total. The molecule has 0 radical (unpaired) electrons. The van der Waals surface area contributed by atoms with Crippen molar-refractivity contribution in [1.29, 1.82) is 0 Å². The Morgan fingerprint density at radius 1 is 1.48 bits per heavy atom. The van der Waals surface area contributed by atoms with Crippen LogP contribution in [0, 0.1) is 5.92 Å². The summed E-state index contributed by atoms with van der Waals surface area (Å²) >= 11 is 1.93. The summed E-state index contributed by atoms with van der Waals surface area (Å²) < 4.78 is 0. The summed E-state index contributed by atoms with van der Waals surface area (Å²) in [6, 6.07) is 0.403. The summed E-state index contributed by atoms with van der Waals surface area (Å²) in [5.74, 6) is 2.85. The average molecular weight is 340 g/mol. The van der Waals surface area contributed by atoms with E-state index in [2.05, 4.69) is 35.7 Å². The fourth-order valence-electron chi connectivity index (χ4n) is 3.43. The Hall–Kier alpha value is -0.490. The minimum absolute atomic E-state index is 0.403. The van der Waals surface area contributed by atoms with Crippen molar-refractivity contribution in [3.05, 3.63) is 24.4 Å².